The summed E-state index contributed by atoms with van der Waals surface area (Å²) in [4.78, 5) is 0. The molecule has 2 fully saturated rings. The Morgan fingerprint density at radius 1 is 1.19 bits per heavy atom. The molecule has 21 heavy (non-hydrogen) atoms. The molecule has 2 saturated heterocycles. The Balaban J connectivity index is 1.83. The van der Waals surface area contributed by atoms with Gasteiger partial charge in [0, 0.05) is 24.0 Å². The van der Waals surface area contributed by atoms with Crippen LogP contribution in [0.4, 0.5) is 0 Å². The highest BCUT2D eigenvalue weighted by molar-refractivity contribution is 6.62. The van der Waals surface area contributed by atoms with Gasteiger partial charge in [0.1, 0.15) is 6.23 Å². The Labute approximate surface area is 127 Å². The van der Waals surface area contributed by atoms with Crippen molar-refractivity contribution in [1.29, 1.82) is 0 Å². The van der Waals surface area contributed by atoms with Crippen LogP contribution in [-0.4, -0.2) is 34.7 Å². The van der Waals surface area contributed by atoms with Crippen molar-refractivity contribution in [3.63, 3.8) is 0 Å². The molecule has 1 aromatic rings. The van der Waals surface area contributed by atoms with E-state index >= 15 is 0 Å². The van der Waals surface area contributed by atoms with E-state index in [0.29, 0.717) is 0 Å². The molecule has 0 aliphatic carbocycles. The summed E-state index contributed by atoms with van der Waals surface area (Å²) in [5, 5.41) is 4.51. The predicted molar refractivity (Wildman–Crippen MR) is 81.5 cm³/mol. The summed E-state index contributed by atoms with van der Waals surface area (Å²) in [5.74, 6) is 0. The van der Waals surface area contributed by atoms with E-state index in [2.05, 4.69) is 39.7 Å². The lowest BCUT2D eigenvalue weighted by atomic mass is 9.79. The van der Waals surface area contributed by atoms with E-state index < -0.39 is 0 Å². The van der Waals surface area contributed by atoms with Crippen molar-refractivity contribution in [1.82, 2.24) is 9.78 Å². The average molecular weight is 292 g/mol. The van der Waals surface area contributed by atoms with Gasteiger partial charge < -0.3 is 14.0 Å². The lowest BCUT2D eigenvalue weighted by molar-refractivity contribution is -0.0405. The molecule has 0 saturated carbocycles. The van der Waals surface area contributed by atoms with Gasteiger partial charge in [0.2, 0.25) is 0 Å². The van der Waals surface area contributed by atoms with E-state index in [-0.39, 0.29) is 24.5 Å². The van der Waals surface area contributed by atoms with E-state index in [9.17, 15) is 0 Å². The van der Waals surface area contributed by atoms with E-state index in [1.54, 1.807) is 0 Å². The Bertz CT molecular complexity index is 505. The second-order valence-electron chi connectivity index (χ2n) is 7.04. The normalized spacial score (nSPS) is 28.0. The maximum atomic E-state index is 6.12. The van der Waals surface area contributed by atoms with E-state index in [1.807, 2.05) is 10.9 Å². The molecule has 0 aromatic carbocycles. The molecule has 1 aromatic heterocycles. The monoisotopic (exact) mass is 292 g/mol. The first kappa shape index (κ1) is 15.1. The smallest absolute Gasteiger partial charge is 0.399 e. The van der Waals surface area contributed by atoms with Crippen LogP contribution in [0.3, 0.4) is 0 Å². The van der Waals surface area contributed by atoms with Gasteiger partial charge in [0.25, 0.3) is 0 Å². The van der Waals surface area contributed by atoms with Gasteiger partial charge >= 0.3 is 7.12 Å². The van der Waals surface area contributed by atoms with Crippen molar-refractivity contribution in [3.05, 3.63) is 11.9 Å². The van der Waals surface area contributed by atoms with Crippen molar-refractivity contribution in [2.75, 3.05) is 6.61 Å². The van der Waals surface area contributed by atoms with Crippen molar-refractivity contribution < 1.29 is 14.0 Å². The third-order valence-electron chi connectivity index (χ3n) is 5.02. The Hall–Kier alpha value is -0.845. The lowest BCUT2D eigenvalue weighted by Gasteiger charge is -2.32. The summed E-state index contributed by atoms with van der Waals surface area (Å²) >= 11 is 0. The van der Waals surface area contributed by atoms with Crippen LogP contribution in [0.15, 0.2) is 6.20 Å². The second-order valence-corrected chi connectivity index (χ2v) is 7.04. The van der Waals surface area contributed by atoms with Crippen LogP contribution in [0, 0.1) is 6.92 Å². The molecule has 0 amide bonds. The molecule has 2 aliphatic rings. The standard InChI is InChI=1S/C15H25BN2O3/c1-11-12(16-20-14(2,3)15(4,5)21-16)10-17-18(11)13-8-6-7-9-19-13/h10,13H,6-9H2,1-5H3/t13-/m1/s1. The lowest BCUT2D eigenvalue weighted by Crippen LogP contribution is -2.41. The van der Waals surface area contributed by atoms with Crippen molar-refractivity contribution in [2.24, 2.45) is 0 Å². The molecule has 1 atom stereocenters. The summed E-state index contributed by atoms with van der Waals surface area (Å²) < 4.78 is 20.0. The summed E-state index contributed by atoms with van der Waals surface area (Å²) in [7, 11) is -0.354. The molecular weight excluding hydrogens is 267 g/mol. The molecule has 6 heteroatoms. The zero-order chi connectivity index (χ0) is 15.3. The molecule has 0 spiro atoms. The largest absolute Gasteiger partial charge is 0.498 e. The van der Waals surface area contributed by atoms with Crippen LogP contribution in [0.25, 0.3) is 0 Å². The zero-order valence-corrected chi connectivity index (χ0v) is 13.7. The predicted octanol–water partition coefficient (Wildman–Crippen LogP) is 2.19. The first-order valence-electron chi connectivity index (χ1n) is 7.83. The number of aromatic nitrogens is 2. The highest BCUT2D eigenvalue weighted by Crippen LogP contribution is 2.36. The Morgan fingerprint density at radius 2 is 1.86 bits per heavy atom. The van der Waals surface area contributed by atoms with Gasteiger partial charge in [-0.25, -0.2) is 4.68 Å². The summed E-state index contributed by atoms with van der Waals surface area (Å²) in [5.41, 5.74) is 1.42. The summed E-state index contributed by atoms with van der Waals surface area (Å²) in [6.45, 7) is 11.1. The SMILES string of the molecule is Cc1c(B2OC(C)(C)C(C)(C)O2)cnn1[C@H]1CCCCO1. The van der Waals surface area contributed by atoms with Gasteiger partial charge in [-0.3, -0.25) is 0 Å². The third-order valence-corrected chi connectivity index (χ3v) is 5.02. The van der Waals surface area contributed by atoms with Crippen LogP contribution in [0.2, 0.25) is 0 Å². The first-order valence-corrected chi connectivity index (χ1v) is 7.83. The third kappa shape index (κ3) is 2.54. The fourth-order valence-electron chi connectivity index (χ4n) is 2.85. The molecule has 116 valence electrons. The van der Waals surface area contributed by atoms with Crippen LogP contribution in [0.5, 0.6) is 0 Å². The fraction of sp³-hybridized carbons (Fsp3) is 0.800. The number of rotatable bonds is 2. The number of hydrogen-bond acceptors (Lipinski definition) is 4. The van der Waals surface area contributed by atoms with E-state index in [0.717, 1.165) is 30.6 Å². The average Bonchev–Trinajstić information content (AvgIpc) is 2.89. The van der Waals surface area contributed by atoms with E-state index in [1.165, 1.54) is 6.42 Å². The number of hydrogen-bond donors (Lipinski definition) is 0. The summed E-state index contributed by atoms with van der Waals surface area (Å²) in [6.07, 6.45) is 5.26. The minimum absolute atomic E-state index is 0.0509. The molecule has 0 radical (unpaired) electrons. The van der Waals surface area contributed by atoms with Gasteiger partial charge in [-0.2, -0.15) is 5.10 Å². The van der Waals surface area contributed by atoms with Gasteiger partial charge in [0.05, 0.1) is 11.2 Å². The molecule has 0 unspecified atom stereocenters. The first-order chi connectivity index (χ1) is 9.82. The molecular formula is C15H25BN2O3. The van der Waals surface area contributed by atoms with E-state index in [4.69, 9.17) is 14.0 Å². The van der Waals surface area contributed by atoms with Crippen molar-refractivity contribution >= 4 is 12.6 Å². The van der Waals surface area contributed by atoms with Crippen molar-refractivity contribution in [2.45, 2.75) is 71.3 Å². The molecule has 0 N–H and O–H groups in total. The zero-order valence-electron chi connectivity index (χ0n) is 13.7. The van der Waals surface area contributed by atoms with Gasteiger partial charge in [-0.05, 0) is 53.9 Å². The van der Waals surface area contributed by atoms with Gasteiger partial charge in [-0.15, -0.1) is 0 Å². The maximum absolute atomic E-state index is 6.12. The van der Waals surface area contributed by atoms with Crippen LogP contribution in [-0.2, 0) is 14.0 Å². The van der Waals surface area contributed by atoms with Crippen LogP contribution >= 0.6 is 0 Å². The van der Waals surface area contributed by atoms with Crippen LogP contribution < -0.4 is 5.46 Å². The fourth-order valence-corrected chi connectivity index (χ4v) is 2.85. The number of ether oxygens (including phenoxy) is 1. The van der Waals surface area contributed by atoms with Crippen molar-refractivity contribution in [3.8, 4) is 0 Å². The molecule has 0 bridgehead atoms. The molecule has 2 aliphatic heterocycles. The molecule has 3 rings (SSSR count). The second kappa shape index (κ2) is 5.11. The summed E-state index contributed by atoms with van der Waals surface area (Å²) in [6, 6.07) is 0. The highest BCUT2D eigenvalue weighted by atomic mass is 16.7. The highest BCUT2D eigenvalue weighted by Gasteiger charge is 2.52. The molecule has 5 nitrogen and oxygen atoms in total. The molecule has 3 heterocycles. The quantitative estimate of drug-likeness (QED) is 0.784. The van der Waals surface area contributed by atoms with Gasteiger partial charge in [-0.1, -0.05) is 0 Å². The maximum Gasteiger partial charge on any atom is 0.498 e. The van der Waals surface area contributed by atoms with Crippen LogP contribution in [0.1, 0.15) is 58.9 Å². The minimum Gasteiger partial charge on any atom is -0.399 e. The minimum atomic E-state index is -0.354. The topological polar surface area (TPSA) is 45.5 Å². The van der Waals surface area contributed by atoms with Gasteiger partial charge in [0.15, 0.2) is 0 Å². The Kier molecular flexibility index (Phi) is 3.67. The Morgan fingerprint density at radius 3 is 2.43 bits per heavy atom. The number of nitrogens with zero attached hydrogens (tertiary/aromatic N) is 2.